The first-order valence-corrected chi connectivity index (χ1v) is 24.8. The summed E-state index contributed by atoms with van der Waals surface area (Å²) in [6, 6.07) is 84.4. The van der Waals surface area contributed by atoms with Crippen molar-refractivity contribution >= 4 is 75.0 Å². The van der Waals surface area contributed by atoms with Gasteiger partial charge in [-0.3, -0.25) is 9.24 Å². The molecule has 1 unspecified atom stereocenters. The quantitative estimate of drug-likeness (QED) is 0.131. The SMILES string of the molecule is CC1(C)c2ccccc2-c2ccc(N(c3ccc(-c4ccc(N(c5ccccc5)[PH](=O)c5ccccc5)c(Nc5ccccc5)c4)cc3)c3ccc(-c4cccc5oc6ccccc6c45)cc3)cc21. The molecular formula is C63H48N3O2P. The molecule has 69 heavy (non-hydrogen) atoms. The van der Waals surface area contributed by atoms with Gasteiger partial charge >= 0.3 is 0 Å². The van der Waals surface area contributed by atoms with Crippen molar-refractivity contribution in [2.24, 2.45) is 0 Å². The normalized spacial score (nSPS) is 12.9. The van der Waals surface area contributed by atoms with Crippen molar-refractivity contribution in [1.82, 2.24) is 0 Å². The highest BCUT2D eigenvalue weighted by molar-refractivity contribution is 7.55. The van der Waals surface area contributed by atoms with Gasteiger partial charge in [-0.2, -0.15) is 0 Å². The van der Waals surface area contributed by atoms with Crippen LogP contribution in [-0.2, 0) is 9.98 Å². The number of nitrogens with one attached hydrogen (secondary N) is 1. The fourth-order valence-electron chi connectivity index (χ4n) is 10.2. The Morgan fingerprint density at radius 2 is 1.03 bits per heavy atom. The van der Waals surface area contributed by atoms with Gasteiger partial charge < -0.3 is 14.6 Å². The topological polar surface area (TPSA) is 48.7 Å². The molecule has 0 radical (unpaired) electrons. The lowest BCUT2D eigenvalue weighted by atomic mass is 9.82. The number of hydrogen-bond donors (Lipinski definition) is 1. The molecule has 10 aromatic carbocycles. The van der Waals surface area contributed by atoms with Gasteiger partial charge in [-0.25, -0.2) is 0 Å². The Bertz CT molecular complexity index is 3680. The van der Waals surface area contributed by atoms with E-state index in [2.05, 4.69) is 176 Å². The molecule has 1 N–H and O–H groups in total. The molecule has 11 aromatic rings. The molecule has 0 saturated carbocycles. The molecule has 1 atom stereocenters. The van der Waals surface area contributed by atoms with E-state index in [1.54, 1.807) is 0 Å². The Hall–Kier alpha value is -8.37. The van der Waals surface area contributed by atoms with E-state index >= 15 is 0 Å². The summed E-state index contributed by atoms with van der Waals surface area (Å²) in [6.45, 7) is 4.67. The van der Waals surface area contributed by atoms with Crippen LogP contribution in [0.15, 0.2) is 247 Å². The summed E-state index contributed by atoms with van der Waals surface area (Å²) in [4.78, 5) is 2.37. The molecule has 332 valence electrons. The van der Waals surface area contributed by atoms with Crippen molar-refractivity contribution in [3.05, 3.63) is 254 Å². The molecule has 0 fully saturated rings. The maximum atomic E-state index is 14.6. The van der Waals surface area contributed by atoms with Gasteiger partial charge in [-0.15, -0.1) is 0 Å². The number of furan rings is 1. The number of rotatable bonds is 11. The summed E-state index contributed by atoms with van der Waals surface area (Å²) in [6.07, 6.45) is 0. The predicted octanol–water partition coefficient (Wildman–Crippen LogP) is 17.4. The maximum absolute atomic E-state index is 14.6. The van der Waals surface area contributed by atoms with Crippen molar-refractivity contribution in [2.45, 2.75) is 19.3 Å². The lowest BCUT2D eigenvalue weighted by Crippen LogP contribution is -2.16. The van der Waals surface area contributed by atoms with Crippen LogP contribution in [0.2, 0.25) is 0 Å². The van der Waals surface area contributed by atoms with Crippen molar-refractivity contribution in [1.29, 1.82) is 0 Å². The van der Waals surface area contributed by atoms with E-state index in [1.165, 1.54) is 22.3 Å². The predicted molar refractivity (Wildman–Crippen MR) is 290 cm³/mol. The second kappa shape index (κ2) is 17.4. The Labute approximate surface area is 403 Å². The third kappa shape index (κ3) is 7.58. The largest absolute Gasteiger partial charge is 0.456 e. The zero-order chi connectivity index (χ0) is 46.5. The molecule has 12 rings (SSSR count). The van der Waals surface area contributed by atoms with Gasteiger partial charge in [0, 0.05) is 49.9 Å². The van der Waals surface area contributed by atoms with Crippen molar-refractivity contribution in [3.63, 3.8) is 0 Å². The summed E-state index contributed by atoms with van der Waals surface area (Å²) in [5.74, 6) is 0. The first kappa shape index (κ1) is 42.0. The van der Waals surface area contributed by atoms with Crippen LogP contribution in [0, 0.1) is 0 Å². The van der Waals surface area contributed by atoms with Gasteiger partial charge in [-0.05, 0) is 142 Å². The Morgan fingerprint density at radius 3 is 1.78 bits per heavy atom. The number of anilines is 7. The first-order valence-electron chi connectivity index (χ1n) is 23.5. The molecule has 0 spiro atoms. The van der Waals surface area contributed by atoms with E-state index < -0.39 is 7.95 Å². The molecule has 5 nitrogen and oxygen atoms in total. The molecule has 1 heterocycles. The van der Waals surface area contributed by atoms with E-state index in [-0.39, 0.29) is 5.41 Å². The van der Waals surface area contributed by atoms with Crippen LogP contribution in [0.4, 0.5) is 39.8 Å². The summed E-state index contributed by atoms with van der Waals surface area (Å²) in [5, 5.41) is 6.73. The second-order valence-electron chi connectivity index (χ2n) is 18.2. The number of para-hydroxylation sites is 3. The van der Waals surface area contributed by atoms with Crippen LogP contribution in [0.1, 0.15) is 25.0 Å². The number of benzene rings is 10. The number of fused-ring (bicyclic) bond motifs is 6. The highest BCUT2D eigenvalue weighted by Crippen LogP contribution is 2.51. The fraction of sp³-hybridized carbons (Fsp3) is 0.0476. The van der Waals surface area contributed by atoms with Crippen LogP contribution < -0.4 is 20.2 Å². The molecule has 0 bridgehead atoms. The molecule has 0 aliphatic heterocycles. The van der Waals surface area contributed by atoms with E-state index in [1.807, 2.05) is 95.7 Å². The lowest BCUT2D eigenvalue weighted by Gasteiger charge is -2.29. The number of hydrogen-bond acceptors (Lipinski definition) is 4. The second-order valence-corrected chi connectivity index (χ2v) is 19.8. The zero-order valence-electron chi connectivity index (χ0n) is 38.3. The van der Waals surface area contributed by atoms with Crippen molar-refractivity contribution in [3.8, 4) is 33.4 Å². The molecule has 1 aliphatic carbocycles. The highest BCUT2D eigenvalue weighted by atomic mass is 31.1. The molecule has 0 saturated heterocycles. The minimum absolute atomic E-state index is 0.157. The summed E-state index contributed by atoms with van der Waals surface area (Å²) in [7, 11) is -2.49. The van der Waals surface area contributed by atoms with Crippen LogP contribution in [0.5, 0.6) is 0 Å². The van der Waals surface area contributed by atoms with E-state index in [0.29, 0.717) is 0 Å². The molecule has 6 heteroatoms. The van der Waals surface area contributed by atoms with E-state index in [9.17, 15) is 4.57 Å². The maximum Gasteiger partial charge on any atom is 0.193 e. The number of nitrogens with zero attached hydrogens (tertiary/aromatic N) is 2. The molecule has 1 aliphatic rings. The van der Waals surface area contributed by atoms with Gasteiger partial charge in [-0.1, -0.05) is 159 Å². The Morgan fingerprint density at radius 1 is 0.449 bits per heavy atom. The minimum atomic E-state index is -2.49. The van der Waals surface area contributed by atoms with Gasteiger partial charge in [0.25, 0.3) is 0 Å². The first-order chi connectivity index (χ1) is 33.9. The summed E-state index contributed by atoms with van der Waals surface area (Å²) >= 11 is 0. The van der Waals surface area contributed by atoms with Crippen molar-refractivity contribution in [2.75, 3.05) is 14.9 Å². The van der Waals surface area contributed by atoms with Crippen molar-refractivity contribution < 1.29 is 8.98 Å². The third-order valence-corrected chi connectivity index (χ3v) is 15.4. The minimum Gasteiger partial charge on any atom is -0.456 e. The lowest BCUT2D eigenvalue weighted by molar-refractivity contribution is 0.593. The summed E-state index contributed by atoms with van der Waals surface area (Å²) < 4.78 is 22.9. The van der Waals surface area contributed by atoms with Crippen LogP contribution in [0.3, 0.4) is 0 Å². The monoisotopic (exact) mass is 909 g/mol. The smallest absolute Gasteiger partial charge is 0.193 e. The summed E-state index contributed by atoms with van der Waals surface area (Å²) in [5.41, 5.74) is 17.9. The molecular weight excluding hydrogens is 862 g/mol. The average Bonchev–Trinajstić information content (AvgIpc) is 3.90. The van der Waals surface area contributed by atoms with Gasteiger partial charge in [0.05, 0.1) is 11.4 Å². The van der Waals surface area contributed by atoms with Gasteiger partial charge in [0.2, 0.25) is 0 Å². The molecule has 0 amide bonds. The van der Waals surface area contributed by atoms with E-state index in [4.69, 9.17) is 4.42 Å². The van der Waals surface area contributed by atoms with E-state index in [0.717, 1.165) is 89.3 Å². The standard InChI is InChI=1S/C63H48N3O2P/c1-63(2)56-26-14-12-23-53(56)54-39-38-50(42-57(54)63)65(48-36-31-44(32-37-48)52-25-16-28-61-62(52)55-24-13-15-27-60(55)68-61)47-34-29-43(30-35-47)45-33-40-59(58(41-45)64-46-17-6-3-7-18-46)66(49-19-8-4-9-20-49)69(67)51-21-10-5-11-22-51/h3-42,64,69H,1-2H3. The zero-order valence-corrected chi connectivity index (χ0v) is 39.3. The fourth-order valence-corrected chi connectivity index (χ4v) is 11.8. The average molecular weight is 910 g/mol. The van der Waals surface area contributed by atoms with Crippen LogP contribution in [0.25, 0.3) is 55.3 Å². The van der Waals surface area contributed by atoms with Gasteiger partial charge in [0.1, 0.15) is 11.2 Å². The van der Waals surface area contributed by atoms with Crippen LogP contribution >= 0.6 is 7.95 Å². The third-order valence-electron chi connectivity index (χ3n) is 13.7. The van der Waals surface area contributed by atoms with Crippen LogP contribution in [-0.4, -0.2) is 0 Å². The Balaban J connectivity index is 0.953. The Kier molecular flexibility index (Phi) is 10.6. The highest BCUT2D eigenvalue weighted by Gasteiger charge is 2.36. The molecule has 1 aromatic heterocycles. The van der Waals surface area contributed by atoms with Gasteiger partial charge in [0.15, 0.2) is 7.95 Å².